The van der Waals surface area contributed by atoms with E-state index in [1.807, 2.05) is 6.92 Å². The van der Waals surface area contributed by atoms with Crippen LogP contribution in [0.25, 0.3) is 11.0 Å². The Bertz CT molecular complexity index is 1020. The highest BCUT2D eigenvalue weighted by atomic mass is 19.1. The molecular formula is C19H19FN4O3. The molecule has 0 aliphatic carbocycles. The lowest BCUT2D eigenvalue weighted by Gasteiger charge is -2.14. The van der Waals surface area contributed by atoms with Gasteiger partial charge in [-0.2, -0.15) is 0 Å². The van der Waals surface area contributed by atoms with Gasteiger partial charge in [0.15, 0.2) is 6.10 Å². The molecule has 0 spiro atoms. The van der Waals surface area contributed by atoms with Crippen LogP contribution in [0.4, 0.5) is 10.1 Å². The Morgan fingerprint density at radius 3 is 2.74 bits per heavy atom. The maximum atomic E-state index is 13.6. The van der Waals surface area contributed by atoms with Gasteiger partial charge in [-0.15, -0.1) is 5.10 Å². The van der Waals surface area contributed by atoms with E-state index in [0.717, 1.165) is 5.52 Å². The molecule has 0 fully saturated rings. The lowest BCUT2D eigenvalue weighted by atomic mass is 10.2. The van der Waals surface area contributed by atoms with E-state index >= 15 is 0 Å². The van der Waals surface area contributed by atoms with Crippen molar-refractivity contribution in [3.05, 3.63) is 53.3 Å². The molecule has 0 aliphatic heterocycles. The van der Waals surface area contributed by atoms with Gasteiger partial charge in [0.2, 0.25) is 0 Å². The number of anilines is 1. The largest absolute Gasteiger partial charge is 0.449 e. The van der Waals surface area contributed by atoms with E-state index in [4.69, 9.17) is 4.74 Å². The molecule has 1 N–H and O–H groups in total. The van der Waals surface area contributed by atoms with Gasteiger partial charge >= 0.3 is 5.97 Å². The predicted octanol–water partition coefficient (Wildman–Crippen LogP) is 3.08. The molecule has 7 nitrogen and oxygen atoms in total. The van der Waals surface area contributed by atoms with E-state index in [0.29, 0.717) is 23.3 Å². The standard InChI is InChI=1S/C19H19FN4O3/c1-4-24-17-8-6-13(9-16(17)22-23-24)19(26)27-12(3)18(25)21-14-7-5-11(2)15(20)10-14/h5-10,12H,4H2,1-3H3,(H,21,25)/t12-/m1/s1. The summed E-state index contributed by atoms with van der Waals surface area (Å²) in [6, 6.07) is 9.25. The van der Waals surface area contributed by atoms with Gasteiger partial charge in [-0.05, 0) is 56.7 Å². The summed E-state index contributed by atoms with van der Waals surface area (Å²) < 4.78 is 20.5. The van der Waals surface area contributed by atoms with Crippen LogP contribution < -0.4 is 5.32 Å². The highest BCUT2D eigenvalue weighted by molar-refractivity contribution is 5.98. The maximum Gasteiger partial charge on any atom is 0.338 e. The first-order valence-corrected chi connectivity index (χ1v) is 8.50. The predicted molar refractivity (Wildman–Crippen MR) is 97.8 cm³/mol. The van der Waals surface area contributed by atoms with E-state index in [-0.39, 0.29) is 5.56 Å². The summed E-state index contributed by atoms with van der Waals surface area (Å²) in [4.78, 5) is 24.5. The van der Waals surface area contributed by atoms with Gasteiger partial charge in [0.05, 0.1) is 11.1 Å². The third kappa shape index (κ3) is 3.94. The molecular weight excluding hydrogens is 351 g/mol. The summed E-state index contributed by atoms with van der Waals surface area (Å²) in [5.74, 6) is -1.63. The quantitative estimate of drug-likeness (QED) is 0.698. The van der Waals surface area contributed by atoms with Crippen molar-refractivity contribution in [1.82, 2.24) is 15.0 Å². The first-order valence-electron chi connectivity index (χ1n) is 8.50. The van der Waals surface area contributed by atoms with Crippen LogP contribution in [-0.4, -0.2) is 33.0 Å². The Labute approximate surface area is 155 Å². The molecule has 3 aromatic rings. The molecule has 3 rings (SSSR count). The zero-order valence-corrected chi connectivity index (χ0v) is 15.2. The smallest absolute Gasteiger partial charge is 0.338 e. The average molecular weight is 370 g/mol. The number of amides is 1. The number of hydrogen-bond acceptors (Lipinski definition) is 5. The lowest BCUT2D eigenvalue weighted by Crippen LogP contribution is -2.30. The van der Waals surface area contributed by atoms with E-state index < -0.39 is 23.8 Å². The van der Waals surface area contributed by atoms with Gasteiger partial charge in [-0.25, -0.2) is 13.9 Å². The normalized spacial score (nSPS) is 12.0. The number of benzene rings is 2. The summed E-state index contributed by atoms with van der Waals surface area (Å²) in [5.41, 5.74) is 2.41. The summed E-state index contributed by atoms with van der Waals surface area (Å²) in [7, 11) is 0. The molecule has 0 radical (unpaired) electrons. The van der Waals surface area contributed by atoms with Crippen molar-refractivity contribution in [2.75, 3.05) is 5.32 Å². The second-order valence-electron chi connectivity index (χ2n) is 6.11. The molecule has 1 atom stereocenters. The Hall–Kier alpha value is -3.29. The molecule has 2 aromatic carbocycles. The summed E-state index contributed by atoms with van der Waals surface area (Å²) in [6.07, 6.45) is -1.05. The molecule has 1 aromatic heterocycles. The van der Waals surface area contributed by atoms with Crippen LogP contribution in [0.3, 0.4) is 0 Å². The number of fused-ring (bicyclic) bond motifs is 1. The van der Waals surface area contributed by atoms with Crippen LogP contribution in [0.5, 0.6) is 0 Å². The van der Waals surface area contributed by atoms with Crippen LogP contribution >= 0.6 is 0 Å². The zero-order chi connectivity index (χ0) is 19.6. The monoisotopic (exact) mass is 370 g/mol. The van der Waals surface area contributed by atoms with Crippen LogP contribution in [0, 0.1) is 12.7 Å². The number of esters is 1. The highest BCUT2D eigenvalue weighted by Crippen LogP contribution is 2.16. The van der Waals surface area contributed by atoms with Gasteiger partial charge in [0.1, 0.15) is 11.3 Å². The minimum atomic E-state index is -1.05. The number of halogens is 1. The molecule has 1 heterocycles. The van der Waals surface area contributed by atoms with Crippen molar-refractivity contribution < 1.29 is 18.7 Å². The maximum absolute atomic E-state index is 13.6. The fourth-order valence-corrected chi connectivity index (χ4v) is 2.53. The molecule has 0 saturated carbocycles. The van der Waals surface area contributed by atoms with Gasteiger partial charge < -0.3 is 10.1 Å². The Kier molecular flexibility index (Phi) is 5.16. The van der Waals surface area contributed by atoms with Crippen molar-refractivity contribution in [3.63, 3.8) is 0 Å². The zero-order valence-electron chi connectivity index (χ0n) is 15.2. The topological polar surface area (TPSA) is 86.1 Å². The molecule has 0 saturated heterocycles. The van der Waals surface area contributed by atoms with Crippen molar-refractivity contribution in [3.8, 4) is 0 Å². The lowest BCUT2D eigenvalue weighted by molar-refractivity contribution is -0.123. The van der Waals surface area contributed by atoms with E-state index in [2.05, 4.69) is 15.6 Å². The molecule has 140 valence electrons. The Morgan fingerprint density at radius 1 is 1.26 bits per heavy atom. The van der Waals surface area contributed by atoms with Crippen LogP contribution in [0.15, 0.2) is 36.4 Å². The van der Waals surface area contributed by atoms with Crippen LogP contribution in [0.1, 0.15) is 29.8 Å². The number of nitrogens with one attached hydrogen (secondary N) is 1. The first-order chi connectivity index (χ1) is 12.9. The molecule has 0 bridgehead atoms. The summed E-state index contributed by atoms with van der Waals surface area (Å²) in [5, 5.41) is 10.5. The molecule has 27 heavy (non-hydrogen) atoms. The number of ether oxygens (including phenoxy) is 1. The first kappa shape index (κ1) is 18.5. The minimum absolute atomic E-state index is 0.270. The third-order valence-electron chi connectivity index (χ3n) is 4.14. The highest BCUT2D eigenvalue weighted by Gasteiger charge is 2.20. The summed E-state index contributed by atoms with van der Waals surface area (Å²) in [6.45, 7) is 5.68. The number of carbonyl (C=O) groups excluding carboxylic acids is 2. The van der Waals surface area contributed by atoms with E-state index in [1.165, 1.54) is 13.0 Å². The van der Waals surface area contributed by atoms with Gasteiger partial charge in [-0.1, -0.05) is 11.3 Å². The van der Waals surface area contributed by atoms with Gasteiger partial charge in [0.25, 0.3) is 5.91 Å². The molecule has 0 unspecified atom stereocenters. The van der Waals surface area contributed by atoms with Gasteiger partial charge in [-0.3, -0.25) is 4.79 Å². The molecule has 0 aliphatic rings. The molecule has 1 amide bonds. The van der Waals surface area contributed by atoms with E-state index in [9.17, 15) is 14.0 Å². The van der Waals surface area contributed by atoms with Crippen LogP contribution in [0.2, 0.25) is 0 Å². The van der Waals surface area contributed by atoms with Crippen LogP contribution in [-0.2, 0) is 16.1 Å². The summed E-state index contributed by atoms with van der Waals surface area (Å²) >= 11 is 0. The number of hydrogen-bond donors (Lipinski definition) is 1. The molecule has 8 heteroatoms. The number of rotatable bonds is 5. The third-order valence-corrected chi connectivity index (χ3v) is 4.14. The van der Waals surface area contributed by atoms with E-state index in [1.54, 1.807) is 41.9 Å². The SMILES string of the molecule is CCn1nnc2cc(C(=O)O[C@H](C)C(=O)Nc3ccc(C)c(F)c3)ccc21. The Morgan fingerprint density at radius 2 is 2.04 bits per heavy atom. The van der Waals surface area contributed by atoms with Crippen molar-refractivity contribution in [1.29, 1.82) is 0 Å². The van der Waals surface area contributed by atoms with Crippen molar-refractivity contribution >= 4 is 28.6 Å². The fraction of sp³-hybridized carbons (Fsp3) is 0.263. The Balaban J connectivity index is 1.67. The number of nitrogens with zero attached hydrogens (tertiary/aromatic N) is 3. The van der Waals surface area contributed by atoms with Crippen molar-refractivity contribution in [2.24, 2.45) is 0 Å². The average Bonchev–Trinajstić information content (AvgIpc) is 3.06. The number of carbonyl (C=O) groups is 2. The number of aromatic nitrogens is 3. The second-order valence-corrected chi connectivity index (χ2v) is 6.11. The minimum Gasteiger partial charge on any atom is -0.449 e. The van der Waals surface area contributed by atoms with Crippen molar-refractivity contribution in [2.45, 2.75) is 33.4 Å². The second kappa shape index (κ2) is 7.53. The number of aryl methyl sites for hydroxylation is 2. The fourth-order valence-electron chi connectivity index (χ4n) is 2.53. The van der Waals surface area contributed by atoms with Gasteiger partial charge in [0, 0.05) is 12.2 Å².